The maximum atomic E-state index is 11.0. The van der Waals surface area contributed by atoms with Crippen LogP contribution in [0.15, 0.2) is 18.2 Å². The van der Waals surface area contributed by atoms with E-state index in [4.69, 9.17) is 1.37 Å². The lowest BCUT2D eigenvalue weighted by Gasteiger charge is -2.14. The molecule has 0 saturated carbocycles. The summed E-state index contributed by atoms with van der Waals surface area (Å²) in [5.41, 5.74) is 0.512. The van der Waals surface area contributed by atoms with Crippen LogP contribution < -0.4 is 10.6 Å². The van der Waals surface area contributed by atoms with E-state index in [0.717, 1.165) is 19.4 Å². The van der Waals surface area contributed by atoms with Crippen molar-refractivity contribution < 1.29 is 16.4 Å². The molecule has 1 unspecified atom stereocenters. The third-order valence-electron chi connectivity index (χ3n) is 2.66. The third-order valence-corrected chi connectivity index (χ3v) is 2.66. The van der Waals surface area contributed by atoms with Crippen LogP contribution in [-0.2, 0) is 4.79 Å². The van der Waals surface area contributed by atoms with E-state index in [1.165, 1.54) is 13.0 Å². The highest BCUT2D eigenvalue weighted by molar-refractivity contribution is 5.90. The van der Waals surface area contributed by atoms with Crippen LogP contribution in [0.4, 0.5) is 5.69 Å². The van der Waals surface area contributed by atoms with Crippen molar-refractivity contribution in [2.24, 2.45) is 0 Å². The molecule has 1 aromatic rings. The lowest BCUT2D eigenvalue weighted by Crippen LogP contribution is -2.22. The van der Waals surface area contributed by atoms with Gasteiger partial charge in [0.05, 0.1) is 13.2 Å². The highest BCUT2D eigenvalue weighted by Gasteiger charge is 2.10. The second kappa shape index (κ2) is 7.76. The van der Waals surface area contributed by atoms with E-state index >= 15 is 0 Å². The van der Waals surface area contributed by atoms with Gasteiger partial charge in [0, 0.05) is 13.5 Å². The quantitative estimate of drug-likeness (QED) is 0.449. The van der Waals surface area contributed by atoms with Crippen molar-refractivity contribution in [3.63, 3.8) is 0 Å². The van der Waals surface area contributed by atoms with E-state index in [1.807, 2.05) is 0 Å². The van der Waals surface area contributed by atoms with Gasteiger partial charge in [-0.2, -0.15) is 0 Å². The predicted octanol–water partition coefficient (Wildman–Crippen LogP) is 1.77. The van der Waals surface area contributed by atoms with Gasteiger partial charge in [-0.15, -0.1) is 0 Å². The average Bonchev–Trinajstić information content (AvgIpc) is 2.39. The molecule has 19 heavy (non-hydrogen) atoms. The monoisotopic (exact) mass is 268 g/mol. The van der Waals surface area contributed by atoms with E-state index in [0.29, 0.717) is 12.1 Å². The van der Waals surface area contributed by atoms with E-state index in [9.17, 15) is 15.0 Å². The van der Waals surface area contributed by atoms with Gasteiger partial charge in [-0.3, -0.25) is 4.79 Å². The number of phenols is 1. The largest absolute Gasteiger partial charge is 0.506 e. The molecule has 0 aliphatic heterocycles. The molecule has 1 aromatic carbocycles. The SMILES string of the molecule is [3H]c1c(C(O)CNCCCC)ccc(NC(C)=O)c1O. The number of aromatic hydroxyl groups is 1. The Balaban J connectivity index is 2.75. The first kappa shape index (κ1) is 13.8. The van der Waals surface area contributed by atoms with Crippen molar-refractivity contribution in [3.05, 3.63) is 23.7 Å². The number of rotatable bonds is 7. The zero-order valence-electron chi connectivity index (χ0n) is 12.4. The van der Waals surface area contributed by atoms with Crippen molar-refractivity contribution in [3.8, 4) is 5.75 Å². The molecule has 5 nitrogen and oxygen atoms in total. The Morgan fingerprint density at radius 3 is 2.89 bits per heavy atom. The van der Waals surface area contributed by atoms with Crippen molar-refractivity contribution in [1.82, 2.24) is 5.32 Å². The molecule has 4 N–H and O–H groups in total. The fourth-order valence-corrected chi connectivity index (χ4v) is 1.63. The maximum Gasteiger partial charge on any atom is 0.221 e. The number of carbonyl (C=O) groups is 1. The minimum atomic E-state index is -0.864. The number of phenolic OH excluding ortho intramolecular Hbond substituents is 1. The Labute approximate surface area is 115 Å². The number of nitrogens with one attached hydrogen (secondary N) is 2. The summed E-state index contributed by atoms with van der Waals surface area (Å²) < 4.78 is 7.84. The molecule has 1 amide bonds. The molecule has 1 atom stereocenters. The van der Waals surface area contributed by atoms with Crippen LogP contribution in [0.2, 0.25) is 0 Å². The zero-order valence-corrected chi connectivity index (χ0v) is 11.4. The third kappa shape index (κ3) is 5.28. The molecule has 0 saturated heterocycles. The molecule has 0 radical (unpaired) electrons. The minimum absolute atomic E-state index is 0.166. The van der Waals surface area contributed by atoms with E-state index in [-0.39, 0.29) is 23.4 Å². The molecule has 0 spiro atoms. The molecule has 0 bridgehead atoms. The fourth-order valence-electron chi connectivity index (χ4n) is 1.63. The Morgan fingerprint density at radius 2 is 2.26 bits per heavy atom. The average molecular weight is 268 g/mol. The van der Waals surface area contributed by atoms with Crippen LogP contribution in [0.1, 0.15) is 39.7 Å². The summed E-state index contributed by atoms with van der Waals surface area (Å²) >= 11 is 0. The lowest BCUT2D eigenvalue weighted by atomic mass is 10.1. The van der Waals surface area contributed by atoms with Crippen LogP contribution in [-0.4, -0.2) is 29.2 Å². The number of amides is 1. The fraction of sp³-hybridized carbons (Fsp3) is 0.500. The first-order valence-corrected chi connectivity index (χ1v) is 6.46. The normalized spacial score (nSPS) is 12.9. The summed E-state index contributed by atoms with van der Waals surface area (Å²) in [6.45, 7) is 4.53. The predicted molar refractivity (Wildman–Crippen MR) is 75.1 cm³/mol. The zero-order chi connectivity index (χ0) is 15.1. The van der Waals surface area contributed by atoms with Gasteiger partial charge in [-0.05, 0) is 30.6 Å². The van der Waals surface area contributed by atoms with Gasteiger partial charge in [-0.1, -0.05) is 19.4 Å². The molecular formula is C14H22N2O3. The molecule has 0 aliphatic carbocycles. The van der Waals surface area contributed by atoms with Crippen molar-refractivity contribution >= 4 is 11.6 Å². The molecule has 1 rings (SSSR count). The Morgan fingerprint density at radius 1 is 1.53 bits per heavy atom. The number of unbranched alkanes of at least 4 members (excludes halogenated alkanes) is 1. The number of aliphatic hydroxyl groups excluding tert-OH is 1. The van der Waals surface area contributed by atoms with Crippen LogP contribution in [0.3, 0.4) is 0 Å². The van der Waals surface area contributed by atoms with Crippen LogP contribution >= 0.6 is 0 Å². The van der Waals surface area contributed by atoms with Gasteiger partial charge < -0.3 is 20.8 Å². The Kier molecular flexibility index (Phi) is 5.65. The Bertz CT molecular complexity index is 466. The van der Waals surface area contributed by atoms with E-state index in [1.54, 1.807) is 6.07 Å². The van der Waals surface area contributed by atoms with Gasteiger partial charge in [0.2, 0.25) is 5.91 Å². The highest BCUT2D eigenvalue weighted by atomic mass is 16.3. The molecule has 0 heterocycles. The summed E-state index contributed by atoms with van der Waals surface area (Å²) in [4.78, 5) is 11.0. The lowest BCUT2D eigenvalue weighted by molar-refractivity contribution is -0.114. The molecular weight excluding hydrogens is 244 g/mol. The second-order valence-corrected chi connectivity index (χ2v) is 4.43. The number of aliphatic hydroxyl groups is 1. The number of hydrogen-bond donors (Lipinski definition) is 4. The second-order valence-electron chi connectivity index (χ2n) is 4.43. The van der Waals surface area contributed by atoms with Crippen LogP contribution in [0.25, 0.3) is 0 Å². The van der Waals surface area contributed by atoms with Crippen LogP contribution in [0.5, 0.6) is 5.75 Å². The van der Waals surface area contributed by atoms with Crippen LogP contribution in [0, 0.1) is 0 Å². The van der Waals surface area contributed by atoms with Gasteiger partial charge in [0.25, 0.3) is 0 Å². The summed E-state index contributed by atoms with van der Waals surface area (Å²) in [5.74, 6) is -0.653. The van der Waals surface area contributed by atoms with Gasteiger partial charge in [-0.25, -0.2) is 0 Å². The molecule has 106 valence electrons. The minimum Gasteiger partial charge on any atom is -0.506 e. The Hall–Kier alpha value is -1.59. The molecule has 0 fully saturated rings. The molecule has 0 aliphatic rings. The first-order chi connectivity index (χ1) is 9.47. The standard InChI is InChI=1S/C14H22N2O3/c1-3-4-7-15-9-14(19)11-5-6-12(13(18)8-11)16-10(2)17/h5-6,8,14-15,18-19H,3-4,7,9H2,1-2H3,(H,16,17)/i8T. The molecule has 0 aromatic heterocycles. The highest BCUT2D eigenvalue weighted by Crippen LogP contribution is 2.26. The summed E-state index contributed by atoms with van der Waals surface area (Å²) in [6, 6.07) is 2.86. The number of hydrogen-bond acceptors (Lipinski definition) is 4. The van der Waals surface area contributed by atoms with Crippen molar-refractivity contribution in [1.29, 1.82) is 0 Å². The number of benzene rings is 1. The number of carbonyl (C=O) groups excluding carboxylic acids is 1. The number of anilines is 1. The van der Waals surface area contributed by atoms with Gasteiger partial charge >= 0.3 is 0 Å². The first-order valence-electron chi connectivity index (χ1n) is 6.96. The van der Waals surface area contributed by atoms with Gasteiger partial charge in [0.15, 0.2) is 0 Å². The topological polar surface area (TPSA) is 81.6 Å². The maximum absolute atomic E-state index is 11.0. The smallest absolute Gasteiger partial charge is 0.221 e. The molecule has 5 heteroatoms. The van der Waals surface area contributed by atoms with Crippen molar-refractivity contribution in [2.45, 2.75) is 32.8 Å². The summed E-state index contributed by atoms with van der Waals surface area (Å²) in [7, 11) is 0. The van der Waals surface area contributed by atoms with Gasteiger partial charge in [0.1, 0.15) is 5.75 Å². The van der Waals surface area contributed by atoms with E-state index < -0.39 is 6.10 Å². The summed E-state index contributed by atoms with van der Waals surface area (Å²) in [6.07, 6.45) is 1.23. The summed E-state index contributed by atoms with van der Waals surface area (Å²) in [5, 5.41) is 25.4. The van der Waals surface area contributed by atoms with E-state index in [2.05, 4.69) is 17.6 Å². The van der Waals surface area contributed by atoms with Crippen molar-refractivity contribution in [2.75, 3.05) is 18.4 Å².